The van der Waals surface area contributed by atoms with Crippen LogP contribution in [0.2, 0.25) is 0 Å². The Balaban J connectivity index is 1.46. The number of carbonyl (C=O) groups excluding carboxylic acids is 4. The third-order valence-electron chi connectivity index (χ3n) is 7.79. The number of alkyl halides is 6. The maximum atomic E-state index is 14.7. The fourth-order valence-corrected chi connectivity index (χ4v) is 5.04. The zero-order chi connectivity index (χ0) is 43.4. The Hall–Kier alpha value is -7.24. The molecule has 0 fully saturated rings. The molecule has 0 aliphatic heterocycles. The lowest BCUT2D eigenvalue weighted by molar-refractivity contribution is -0.288. The molecule has 4 rings (SSSR count). The summed E-state index contributed by atoms with van der Waals surface area (Å²) in [4.78, 5) is 46.9. The predicted molar refractivity (Wildman–Crippen MR) is 191 cm³/mol. The highest BCUT2D eigenvalue weighted by atomic mass is 19.4. The second-order valence-corrected chi connectivity index (χ2v) is 11.5. The number of esters is 4. The minimum atomic E-state index is -5.99. The van der Waals surface area contributed by atoms with Crippen LogP contribution in [0.25, 0.3) is 12.2 Å². The van der Waals surface area contributed by atoms with Gasteiger partial charge in [-0.15, -0.1) is 0 Å². The smallest absolute Gasteiger partial charge is 0.411 e. The van der Waals surface area contributed by atoms with E-state index in [1.165, 1.54) is 24.3 Å². The van der Waals surface area contributed by atoms with E-state index >= 15 is 0 Å². The van der Waals surface area contributed by atoms with Gasteiger partial charge in [-0.25, -0.2) is 28.0 Å². The summed E-state index contributed by atoms with van der Waals surface area (Å²) in [6.07, 6.45) is -6.75. The van der Waals surface area contributed by atoms with Gasteiger partial charge in [-0.2, -0.15) is 26.3 Å². The molecule has 0 aliphatic rings. The molecule has 0 saturated heterocycles. The first-order valence-electron chi connectivity index (χ1n) is 16.5. The second-order valence-electron chi connectivity index (χ2n) is 11.5. The molecule has 59 heavy (non-hydrogen) atoms. The van der Waals surface area contributed by atoms with Crippen LogP contribution in [-0.4, -0.2) is 49.8 Å². The third-order valence-corrected chi connectivity index (χ3v) is 7.79. The lowest BCUT2D eigenvalue weighted by atomic mass is 9.73. The molecular formula is C41H28F8O10. The van der Waals surface area contributed by atoms with Gasteiger partial charge >= 0.3 is 36.2 Å². The van der Waals surface area contributed by atoms with Crippen molar-refractivity contribution in [3.8, 4) is 23.0 Å². The van der Waals surface area contributed by atoms with Gasteiger partial charge in [0.05, 0.1) is 0 Å². The lowest BCUT2D eigenvalue weighted by Crippen LogP contribution is -2.54. The standard InChI is InChI=1S/C41H28F8O10/c1-3-35(50)56-23-54-31-13-5-25(33(42)21-31)7-19-37(52)58-29-15-9-27(10-16-29)39(40(44,45)46,41(47,48)49)28-11-17-30(18-12-28)59-38(53)20-8-26-6-14-32(22-34(26)43)55-24-57-36(51)4-2/h3-22H,1-2,23-24H2. The summed E-state index contributed by atoms with van der Waals surface area (Å²) < 4.78 is 146. The largest absolute Gasteiger partial charge is 0.457 e. The topological polar surface area (TPSA) is 124 Å². The van der Waals surface area contributed by atoms with Crippen LogP contribution in [0.4, 0.5) is 35.1 Å². The summed E-state index contributed by atoms with van der Waals surface area (Å²) in [5.41, 5.74) is -7.50. The van der Waals surface area contributed by atoms with Gasteiger partial charge in [0.1, 0.15) is 34.6 Å². The van der Waals surface area contributed by atoms with Crippen molar-refractivity contribution in [1.29, 1.82) is 0 Å². The number of hydrogen-bond acceptors (Lipinski definition) is 10. The molecule has 0 spiro atoms. The Labute approximate surface area is 329 Å². The molecule has 0 radical (unpaired) electrons. The van der Waals surface area contributed by atoms with Gasteiger partial charge in [-0.1, -0.05) is 37.4 Å². The van der Waals surface area contributed by atoms with Crippen molar-refractivity contribution in [2.45, 2.75) is 17.8 Å². The van der Waals surface area contributed by atoms with Crippen LogP contribution in [0, 0.1) is 11.6 Å². The molecule has 0 amide bonds. The maximum Gasteiger partial charge on any atom is 0.411 e. The van der Waals surface area contributed by atoms with Gasteiger partial charge in [-0.05, 0) is 71.8 Å². The van der Waals surface area contributed by atoms with E-state index in [2.05, 4.69) is 22.6 Å². The molecule has 10 nitrogen and oxygen atoms in total. The first-order chi connectivity index (χ1) is 27.9. The summed E-state index contributed by atoms with van der Waals surface area (Å²) in [6.45, 7) is 5.32. The fourth-order valence-electron chi connectivity index (χ4n) is 5.04. The van der Waals surface area contributed by atoms with Crippen molar-refractivity contribution in [2.24, 2.45) is 0 Å². The normalized spacial score (nSPS) is 11.8. The van der Waals surface area contributed by atoms with E-state index in [-0.39, 0.29) is 22.6 Å². The Morgan fingerprint density at radius 3 is 1.15 bits per heavy atom. The molecule has 0 bridgehead atoms. The van der Waals surface area contributed by atoms with E-state index in [4.69, 9.17) is 18.9 Å². The number of ether oxygens (including phenoxy) is 6. The van der Waals surface area contributed by atoms with E-state index < -0.39 is 89.5 Å². The van der Waals surface area contributed by atoms with Crippen molar-refractivity contribution in [3.05, 3.63) is 156 Å². The van der Waals surface area contributed by atoms with Gasteiger partial charge in [0.2, 0.25) is 19.0 Å². The summed E-state index contributed by atoms with van der Waals surface area (Å²) in [7, 11) is 0. The minimum absolute atomic E-state index is 0.0322. The molecule has 0 aromatic heterocycles. The van der Waals surface area contributed by atoms with E-state index in [0.717, 1.165) is 48.6 Å². The summed E-state index contributed by atoms with van der Waals surface area (Å²) in [6, 6.07) is 11.4. The average Bonchev–Trinajstić information content (AvgIpc) is 3.17. The monoisotopic (exact) mass is 832 g/mol. The predicted octanol–water partition coefficient (Wildman–Crippen LogP) is 8.74. The van der Waals surface area contributed by atoms with Crippen LogP contribution < -0.4 is 18.9 Å². The summed E-state index contributed by atoms with van der Waals surface area (Å²) in [5, 5.41) is 0. The Kier molecular flexibility index (Phi) is 14.5. The highest BCUT2D eigenvalue weighted by molar-refractivity contribution is 5.89. The van der Waals surface area contributed by atoms with Gasteiger partial charge < -0.3 is 28.4 Å². The summed E-state index contributed by atoms with van der Waals surface area (Å²) >= 11 is 0. The van der Waals surface area contributed by atoms with Crippen LogP contribution in [0.5, 0.6) is 23.0 Å². The van der Waals surface area contributed by atoms with Crippen LogP contribution in [0.15, 0.2) is 122 Å². The van der Waals surface area contributed by atoms with Crippen LogP contribution >= 0.6 is 0 Å². The van der Waals surface area contributed by atoms with Gasteiger partial charge in [0.15, 0.2) is 0 Å². The first kappa shape index (κ1) is 44.5. The van der Waals surface area contributed by atoms with Crippen LogP contribution in [-0.2, 0) is 34.1 Å². The fraction of sp³-hybridized carbons (Fsp3) is 0.122. The molecule has 0 saturated carbocycles. The van der Waals surface area contributed by atoms with Crippen molar-refractivity contribution in [1.82, 2.24) is 0 Å². The Morgan fingerprint density at radius 1 is 0.508 bits per heavy atom. The van der Waals surface area contributed by atoms with E-state index in [1.807, 2.05) is 0 Å². The van der Waals surface area contributed by atoms with E-state index in [1.54, 1.807) is 0 Å². The van der Waals surface area contributed by atoms with Crippen LogP contribution in [0.1, 0.15) is 22.3 Å². The zero-order valence-corrected chi connectivity index (χ0v) is 30.0. The third kappa shape index (κ3) is 11.4. The van der Waals surface area contributed by atoms with Gasteiger partial charge in [0, 0.05) is 47.6 Å². The molecule has 4 aromatic carbocycles. The molecule has 0 aliphatic carbocycles. The number of halogens is 8. The molecule has 0 heterocycles. The zero-order valence-electron chi connectivity index (χ0n) is 30.0. The lowest BCUT2D eigenvalue weighted by Gasteiger charge is -2.38. The van der Waals surface area contributed by atoms with E-state index in [0.29, 0.717) is 48.5 Å². The van der Waals surface area contributed by atoms with Crippen molar-refractivity contribution < 1.29 is 82.7 Å². The van der Waals surface area contributed by atoms with Crippen LogP contribution in [0.3, 0.4) is 0 Å². The highest BCUT2D eigenvalue weighted by Gasteiger charge is 2.72. The molecule has 18 heteroatoms. The molecule has 0 N–H and O–H groups in total. The Morgan fingerprint density at radius 2 is 0.847 bits per heavy atom. The molecular weight excluding hydrogens is 804 g/mol. The number of hydrogen-bond donors (Lipinski definition) is 0. The van der Waals surface area contributed by atoms with E-state index in [9.17, 15) is 54.3 Å². The van der Waals surface area contributed by atoms with Gasteiger partial charge in [-0.3, -0.25) is 0 Å². The quantitative estimate of drug-likeness (QED) is 0.0356. The first-order valence-corrected chi connectivity index (χ1v) is 16.5. The minimum Gasteiger partial charge on any atom is -0.457 e. The van der Waals surface area contributed by atoms with Crippen molar-refractivity contribution in [2.75, 3.05) is 13.6 Å². The highest BCUT2D eigenvalue weighted by Crippen LogP contribution is 2.56. The van der Waals surface area contributed by atoms with Crippen molar-refractivity contribution >= 4 is 36.0 Å². The molecule has 4 aromatic rings. The van der Waals surface area contributed by atoms with Gasteiger partial charge in [0.25, 0.3) is 0 Å². The second kappa shape index (κ2) is 19.3. The number of carbonyl (C=O) groups is 4. The molecule has 0 atom stereocenters. The molecule has 0 unspecified atom stereocenters. The number of benzene rings is 4. The Bertz CT molecular complexity index is 2090. The SMILES string of the molecule is C=CC(=O)OCOc1ccc(C=CC(=O)Oc2ccc(C(c3ccc(OC(=O)C=Cc4ccc(OCOC(=O)C=C)cc4F)cc3)(C(F)(F)F)C(F)(F)F)cc2)c(F)c1. The number of rotatable bonds is 16. The average molecular weight is 833 g/mol. The molecule has 308 valence electrons. The summed E-state index contributed by atoms with van der Waals surface area (Å²) in [5.74, 6) is -6.60. The van der Waals surface area contributed by atoms with Crippen molar-refractivity contribution in [3.63, 3.8) is 0 Å². The maximum absolute atomic E-state index is 14.7.